The first-order valence-corrected chi connectivity index (χ1v) is 8.51. The smallest absolute Gasteiger partial charge is 0.125 e. The van der Waals surface area contributed by atoms with Crippen LogP contribution < -0.4 is 5.32 Å². The highest BCUT2D eigenvalue weighted by atomic mass is 16.5. The summed E-state index contributed by atoms with van der Waals surface area (Å²) in [5, 5.41) is 12.0. The summed E-state index contributed by atoms with van der Waals surface area (Å²) in [6.07, 6.45) is 7.89. The van der Waals surface area contributed by atoms with E-state index in [1.807, 2.05) is 18.6 Å². The Morgan fingerprint density at radius 2 is 2.25 bits per heavy atom. The van der Waals surface area contributed by atoms with E-state index in [-0.39, 0.29) is 6.04 Å². The molecule has 1 aliphatic heterocycles. The highest BCUT2D eigenvalue weighted by molar-refractivity contribution is 5.78. The topological polar surface area (TPSA) is 67.8 Å². The molecule has 0 bridgehead atoms. The molecule has 24 heavy (non-hydrogen) atoms. The van der Waals surface area contributed by atoms with E-state index in [0.29, 0.717) is 5.92 Å². The molecule has 2 aromatic heterocycles. The van der Waals surface area contributed by atoms with Gasteiger partial charge in [0.1, 0.15) is 5.82 Å². The minimum Gasteiger partial charge on any atom is -0.381 e. The number of fused-ring (bicyclic) bond motifs is 1. The van der Waals surface area contributed by atoms with Gasteiger partial charge in [0.15, 0.2) is 0 Å². The number of nitrogens with one attached hydrogen (secondary N) is 2. The molecule has 0 unspecified atom stereocenters. The molecule has 4 rings (SSSR count). The lowest BCUT2D eigenvalue weighted by atomic mass is 9.91. The van der Waals surface area contributed by atoms with Crippen LogP contribution in [0.15, 0.2) is 36.8 Å². The zero-order valence-corrected chi connectivity index (χ0v) is 13.9. The van der Waals surface area contributed by atoms with Crippen molar-refractivity contribution in [1.82, 2.24) is 25.1 Å². The Balaban J connectivity index is 1.53. The molecule has 0 radical (unpaired) electrons. The lowest BCUT2D eigenvalue weighted by molar-refractivity contribution is 0.0518. The standard InChI is InChI=1S/C18H23N5O/c1-23-7-6-19-18(23)17(14-4-8-24-9-5-14)20-11-13-2-3-15-12-21-22-16(15)10-13/h2-3,6-7,10,12,14,17,20H,4-5,8-9,11H2,1H3,(H,21,22)/t17-/m0/s1. The van der Waals surface area contributed by atoms with Gasteiger partial charge in [-0.1, -0.05) is 12.1 Å². The third kappa shape index (κ3) is 3.07. The molecule has 3 aromatic rings. The van der Waals surface area contributed by atoms with Crippen LogP contribution in [0.1, 0.15) is 30.3 Å². The second-order valence-electron chi connectivity index (χ2n) is 6.50. The minimum atomic E-state index is 0.242. The van der Waals surface area contributed by atoms with Gasteiger partial charge in [-0.05, 0) is 30.4 Å². The predicted octanol–water partition coefficient (Wildman–Crippen LogP) is 2.55. The quantitative estimate of drug-likeness (QED) is 0.756. The van der Waals surface area contributed by atoms with Crippen LogP contribution in [-0.4, -0.2) is 33.0 Å². The summed E-state index contributed by atoms with van der Waals surface area (Å²) >= 11 is 0. The van der Waals surface area contributed by atoms with Gasteiger partial charge in [-0.15, -0.1) is 0 Å². The van der Waals surface area contributed by atoms with Gasteiger partial charge in [-0.25, -0.2) is 4.98 Å². The van der Waals surface area contributed by atoms with Crippen LogP contribution in [0, 0.1) is 5.92 Å². The molecule has 1 fully saturated rings. The van der Waals surface area contributed by atoms with E-state index in [1.54, 1.807) is 0 Å². The maximum absolute atomic E-state index is 5.53. The highest BCUT2D eigenvalue weighted by Crippen LogP contribution is 2.29. The molecule has 0 aliphatic carbocycles. The molecule has 1 aliphatic rings. The number of nitrogens with zero attached hydrogens (tertiary/aromatic N) is 3. The van der Waals surface area contributed by atoms with Gasteiger partial charge < -0.3 is 14.6 Å². The van der Waals surface area contributed by atoms with Gasteiger partial charge in [-0.2, -0.15) is 5.10 Å². The summed E-state index contributed by atoms with van der Waals surface area (Å²) in [5.41, 5.74) is 2.33. The predicted molar refractivity (Wildman–Crippen MR) is 92.4 cm³/mol. The Morgan fingerprint density at radius 1 is 1.38 bits per heavy atom. The van der Waals surface area contributed by atoms with Crippen molar-refractivity contribution in [1.29, 1.82) is 0 Å². The lowest BCUT2D eigenvalue weighted by Gasteiger charge is -2.30. The van der Waals surface area contributed by atoms with Crippen LogP contribution in [0.25, 0.3) is 10.9 Å². The fourth-order valence-corrected chi connectivity index (χ4v) is 3.52. The monoisotopic (exact) mass is 325 g/mol. The Kier molecular flexibility index (Phi) is 4.32. The minimum absolute atomic E-state index is 0.242. The molecule has 0 amide bonds. The summed E-state index contributed by atoms with van der Waals surface area (Å²) in [6, 6.07) is 6.67. The van der Waals surface area contributed by atoms with Gasteiger partial charge in [-0.3, -0.25) is 5.10 Å². The number of benzene rings is 1. The average molecular weight is 325 g/mol. The van der Waals surface area contributed by atoms with Crippen molar-refractivity contribution in [3.8, 4) is 0 Å². The third-order valence-electron chi connectivity index (χ3n) is 4.91. The number of hydrogen-bond acceptors (Lipinski definition) is 4. The molecule has 0 spiro atoms. The maximum atomic E-state index is 5.53. The lowest BCUT2D eigenvalue weighted by Crippen LogP contribution is -2.33. The van der Waals surface area contributed by atoms with Crippen LogP contribution in [0.3, 0.4) is 0 Å². The summed E-state index contributed by atoms with van der Waals surface area (Å²) in [4.78, 5) is 4.59. The molecule has 2 N–H and O–H groups in total. The van der Waals surface area contributed by atoms with Crippen LogP contribution in [0.4, 0.5) is 0 Å². The van der Waals surface area contributed by atoms with Crippen molar-refractivity contribution >= 4 is 10.9 Å². The summed E-state index contributed by atoms with van der Waals surface area (Å²) in [6.45, 7) is 2.49. The molecule has 1 aromatic carbocycles. The number of aromatic amines is 1. The maximum Gasteiger partial charge on any atom is 0.125 e. The van der Waals surface area contributed by atoms with E-state index in [4.69, 9.17) is 4.74 Å². The summed E-state index contributed by atoms with van der Waals surface area (Å²) in [7, 11) is 2.06. The van der Waals surface area contributed by atoms with Crippen molar-refractivity contribution in [2.24, 2.45) is 13.0 Å². The first kappa shape index (κ1) is 15.4. The van der Waals surface area contributed by atoms with Gasteiger partial charge in [0.25, 0.3) is 0 Å². The molecule has 3 heterocycles. The van der Waals surface area contributed by atoms with Crippen molar-refractivity contribution in [3.05, 3.63) is 48.2 Å². The molecule has 6 nitrogen and oxygen atoms in total. The normalized spacial score (nSPS) is 17.4. The van der Waals surface area contributed by atoms with Crippen LogP contribution >= 0.6 is 0 Å². The van der Waals surface area contributed by atoms with Gasteiger partial charge >= 0.3 is 0 Å². The Hall–Kier alpha value is -2.18. The zero-order chi connectivity index (χ0) is 16.4. The van der Waals surface area contributed by atoms with E-state index in [1.165, 1.54) is 5.56 Å². The van der Waals surface area contributed by atoms with Crippen molar-refractivity contribution < 1.29 is 4.74 Å². The van der Waals surface area contributed by atoms with E-state index >= 15 is 0 Å². The number of aromatic nitrogens is 4. The average Bonchev–Trinajstić information content (AvgIpc) is 3.25. The molecule has 0 saturated carbocycles. The Labute approximate surface area is 141 Å². The number of aryl methyl sites for hydroxylation is 1. The summed E-state index contributed by atoms with van der Waals surface area (Å²) < 4.78 is 7.65. The number of imidazole rings is 1. The fourth-order valence-electron chi connectivity index (χ4n) is 3.52. The van der Waals surface area contributed by atoms with E-state index in [9.17, 15) is 0 Å². The molecule has 1 atom stereocenters. The molecule has 6 heteroatoms. The van der Waals surface area contributed by atoms with Crippen molar-refractivity contribution in [3.63, 3.8) is 0 Å². The first-order chi connectivity index (χ1) is 11.8. The SMILES string of the molecule is Cn1ccnc1[C@@H](NCc1ccc2cn[nH]c2c1)C1CCOCC1. The number of hydrogen-bond donors (Lipinski definition) is 2. The Bertz CT molecular complexity index is 802. The molecular formula is C18H23N5O. The zero-order valence-electron chi connectivity index (χ0n) is 13.9. The van der Waals surface area contributed by atoms with E-state index < -0.39 is 0 Å². The first-order valence-electron chi connectivity index (χ1n) is 8.51. The van der Waals surface area contributed by atoms with Gasteiger partial charge in [0.2, 0.25) is 0 Å². The fraction of sp³-hybridized carbons (Fsp3) is 0.444. The van der Waals surface area contributed by atoms with E-state index in [0.717, 1.165) is 49.3 Å². The van der Waals surface area contributed by atoms with Gasteiger partial charge in [0.05, 0.1) is 17.8 Å². The number of rotatable bonds is 5. The largest absolute Gasteiger partial charge is 0.381 e. The summed E-state index contributed by atoms with van der Waals surface area (Å²) in [5.74, 6) is 1.65. The highest BCUT2D eigenvalue weighted by Gasteiger charge is 2.27. The van der Waals surface area contributed by atoms with Crippen molar-refractivity contribution in [2.45, 2.75) is 25.4 Å². The molecular weight excluding hydrogens is 302 g/mol. The molecule has 1 saturated heterocycles. The second-order valence-corrected chi connectivity index (χ2v) is 6.50. The van der Waals surface area contributed by atoms with E-state index in [2.05, 4.69) is 50.3 Å². The van der Waals surface area contributed by atoms with Crippen LogP contribution in [0.5, 0.6) is 0 Å². The van der Waals surface area contributed by atoms with Crippen molar-refractivity contribution in [2.75, 3.05) is 13.2 Å². The van der Waals surface area contributed by atoms with Crippen LogP contribution in [-0.2, 0) is 18.3 Å². The number of ether oxygens (including phenoxy) is 1. The van der Waals surface area contributed by atoms with Gasteiger partial charge in [0, 0.05) is 44.6 Å². The number of H-pyrrole nitrogens is 1. The Morgan fingerprint density at radius 3 is 3.04 bits per heavy atom. The molecule has 126 valence electrons. The van der Waals surface area contributed by atoms with Crippen LogP contribution in [0.2, 0.25) is 0 Å². The second kappa shape index (κ2) is 6.75. The third-order valence-corrected chi connectivity index (χ3v) is 4.91.